The number of rotatable bonds is 52. The molecule has 45 atom stereocenters. The summed E-state index contributed by atoms with van der Waals surface area (Å²) in [5, 5.41) is 45.1. The summed E-state index contributed by atoms with van der Waals surface area (Å²) in [4.78, 5) is 50.3. The molecule has 7 fully saturated rings. The summed E-state index contributed by atoms with van der Waals surface area (Å²) in [6.45, 7) is 0.0279. The van der Waals surface area contributed by atoms with Crippen molar-refractivity contribution in [3.05, 3.63) is 0 Å². The zero-order valence-electron chi connectivity index (χ0n) is 63.1. The minimum Gasteiger partial charge on any atom is -0.748 e. The van der Waals surface area contributed by atoms with Gasteiger partial charge < -0.3 is 128 Å². The molecule has 0 saturated carbocycles. The summed E-state index contributed by atoms with van der Waals surface area (Å²) in [6.07, 6.45) is -61.8. The van der Waals surface area contributed by atoms with E-state index < -0.39 is 388 Å². The smallest absolute Gasteiger partial charge is 0.397 e. The fraction of sp³-hybridized carbons (Fsp3) is 1.00. The maximum atomic E-state index is 12.5. The van der Waals surface area contributed by atoms with Crippen molar-refractivity contribution in [3.63, 3.8) is 0 Å². The summed E-state index contributed by atoms with van der Waals surface area (Å²) >= 11 is -36.6. The van der Waals surface area contributed by atoms with Crippen LogP contribution in [0.4, 0.5) is 0 Å². The first-order valence-corrected chi connectivity index (χ1v) is 46.9. The Hall–Kier alpha value is -0.640. The van der Waals surface area contributed by atoms with E-state index >= 15 is 0 Å². The molecule has 24 unspecified atom stereocenters. The molecule has 7 saturated heterocycles. The lowest BCUT2D eigenvalue weighted by Gasteiger charge is -2.49. The van der Waals surface area contributed by atoms with E-state index in [0.717, 1.165) is 48.5 Å². The van der Waals surface area contributed by atoms with E-state index in [1.807, 2.05) is 0 Å². The molecule has 0 bridgehead atoms. The molecule has 65 nitrogen and oxygen atoms in total. The molecule has 7 aliphatic heterocycles. The zero-order valence-corrected chi connectivity index (χ0v) is 72.9. The molecule has 7 rings (SSSR count). The van der Waals surface area contributed by atoms with Crippen molar-refractivity contribution in [3.8, 4) is 0 Å². The molecular weight excluding hydrogens is 2000 g/mol. The molecule has 77 heteroatoms. The topological polar surface area (TPSA) is 914 Å². The molecule has 0 aromatic heterocycles. The average molecular weight is 2080 g/mol. The fourth-order valence-corrected chi connectivity index (χ4v) is 16.0. The van der Waals surface area contributed by atoms with Crippen LogP contribution in [0, 0.1) is 35.5 Å². The van der Waals surface area contributed by atoms with Crippen LogP contribution in [0.5, 0.6) is 0 Å². The van der Waals surface area contributed by atoms with Crippen LogP contribution in [0.25, 0.3) is 0 Å². The second-order valence-electron chi connectivity index (χ2n) is 26.3. The van der Waals surface area contributed by atoms with Gasteiger partial charge in [0.05, 0.1) is 82.4 Å². The molecule has 7 heterocycles. The van der Waals surface area contributed by atoms with Crippen molar-refractivity contribution in [2.45, 2.75) is 227 Å². The zero-order chi connectivity index (χ0) is 93.0. The van der Waals surface area contributed by atoms with Gasteiger partial charge >= 0.3 is 20.8 Å². The van der Waals surface area contributed by atoms with E-state index in [0.29, 0.717) is 0 Å². The average Bonchev–Trinajstić information content (AvgIpc) is 0.774. The first-order chi connectivity index (χ1) is 58.5. The molecule has 0 aliphatic carbocycles. The quantitative estimate of drug-likeness (QED) is 0.0143. The number of hydrogen-bond acceptors (Lipinski definition) is 63. The van der Waals surface area contributed by atoms with E-state index in [1.54, 1.807) is 0 Å². The molecule has 7 aliphatic rings. The number of aliphatic hydroxyl groups is 4. The highest BCUT2D eigenvalue weighted by Gasteiger charge is 2.59. The van der Waals surface area contributed by atoms with Crippen LogP contribution in [0.3, 0.4) is 0 Å². The molecule has 0 aromatic rings. The van der Waals surface area contributed by atoms with Crippen LogP contribution in [-0.2, 0) is 297 Å². The second-order valence-corrected chi connectivity index (χ2v) is 33.8. The van der Waals surface area contributed by atoms with E-state index in [1.165, 1.54) is 0 Å². The molecule has 0 aromatic carbocycles. The normalized spacial score (nSPS) is 40.7. The first-order valence-electron chi connectivity index (χ1n) is 34.2. The van der Waals surface area contributed by atoms with Crippen molar-refractivity contribution in [2.75, 3.05) is 39.6 Å². The third kappa shape index (κ3) is 34.5. The summed E-state index contributed by atoms with van der Waals surface area (Å²) in [5.41, 5.74) is 0. The van der Waals surface area contributed by atoms with Crippen LogP contribution in [0.2, 0.25) is 0 Å². The lowest BCUT2D eigenvalue weighted by atomic mass is 9.82. The Bertz CT molecular complexity index is 3770. The summed E-state index contributed by atoms with van der Waals surface area (Å²) < 4.78 is 437. The van der Waals surface area contributed by atoms with Gasteiger partial charge in [0, 0.05) is 35.5 Å². The minimum atomic E-state index is -5.86. The molecule has 0 radical (unpaired) electrons. The van der Waals surface area contributed by atoms with Gasteiger partial charge in [-0.2, -0.15) is 16.8 Å². The summed E-state index contributed by atoms with van der Waals surface area (Å²) in [7, 11) is -11.5. The van der Waals surface area contributed by atoms with Gasteiger partial charge in [0.2, 0.25) is 0 Å². The summed E-state index contributed by atoms with van der Waals surface area (Å²) in [6, 6.07) is 0. The molecule has 125 heavy (non-hydrogen) atoms. The van der Waals surface area contributed by atoms with Gasteiger partial charge in [-0.05, 0) is 48.5 Å². The molecule has 738 valence electrons. The SMILES string of the molecule is CC1O[C@@H](OCC2[C@H](OCC3[C@H](OC[C@@H]4C(OOS(=O)[O-])[C@H](O)OC(C)[C@H]4OOS(=O)[O-])OC(C)[C@@H](OOS(=O)[O-])[C@@H]3CO[C@@H]3OC(C)[C@@H](OOS(=O)[O-])[C@H](OS(=O)(=O)O)C3OOS(=O)[O-])OC(C)[C@@H](OOS(=O)[O-])[C@@H]2CO[C@@H]2OC(C)[C@@H](OOS(=O)[O-])[C@H](CO[C@@H]3OC(C)[C@@H](OOS(=O)[O-])[C@H](O)C3OOS(=O)[O-])C2OOS(=O)[O-])C(O)[C@@H](OS(=O)(=O)O)[C@@H]1O. The van der Waals surface area contributed by atoms with Gasteiger partial charge in [0.1, 0.15) is 175 Å². The van der Waals surface area contributed by atoms with E-state index in [2.05, 4.69) is 47.5 Å². The van der Waals surface area contributed by atoms with E-state index in [9.17, 15) is 134 Å². The standard InChI is InChI=1S/C48H84O65S12/c1-14-27(49)38(102-124(73,74)75)29(51)45(86-14)81-11-24-21(8-82-46-37(99-111-121(67)68)26(33(18(5)89-46)95-107-117(59)60)13-84-47-39(100-112-122(69)70)28(50)34(19(6)90-47)96-108-118(61)62)30(92-104-114(53)54)16(3)87-43(24)79-10-23-22(9-83-48-41(101-113-123(71)72)40(103-125(76,77)78)35(20(7)91-48)97-109-119(63)64)31(93-105-115(55)56)17(4)88-44(23)80-12-25-32(94-106-116(57)58)15(2)85-42(52)36(25)98-110-120(65)66/h14-52H,8-13H2,1-7H3,(H,53,54)(H,55,56)(H,57,58)(H,59,60)(H,61,62)(H,63,64)(H,65,66)(H,67,68)(H,69,70)(H,71,72)(H,73,74,75)(H,76,77,78)/p-10/t14?,15?,16?,17?,18?,19?,20?,21-,22-,23?,24?,25+,26+,27-,28+,29?,30-,31-,32-,33-,34-,35-,36?,37?,38+,39?,40+,41?,42-,43-,44-,45-,46-,47-,48-/m1/s1. The van der Waals surface area contributed by atoms with Crippen LogP contribution in [0.15, 0.2) is 0 Å². The minimum absolute atomic E-state index is 0.942. The van der Waals surface area contributed by atoms with Crippen molar-refractivity contribution in [2.24, 2.45) is 35.5 Å². The van der Waals surface area contributed by atoms with Gasteiger partial charge in [-0.15, -0.1) is 43.3 Å². The maximum absolute atomic E-state index is 12.5. The molecule has 0 spiro atoms. The maximum Gasteiger partial charge on any atom is 0.397 e. The Morgan fingerprint density at radius 2 is 0.480 bits per heavy atom. The number of ether oxygens (including phenoxy) is 13. The van der Waals surface area contributed by atoms with Crippen molar-refractivity contribution < 1.29 is 296 Å². The van der Waals surface area contributed by atoms with Crippen LogP contribution >= 0.6 is 0 Å². The van der Waals surface area contributed by atoms with Crippen molar-refractivity contribution >= 4 is 134 Å². The van der Waals surface area contributed by atoms with Gasteiger partial charge in [-0.3, -0.25) is 9.11 Å². The van der Waals surface area contributed by atoms with Crippen LogP contribution < -0.4 is 0 Å². The summed E-state index contributed by atoms with van der Waals surface area (Å²) in [5.74, 6) is -11.8. The van der Waals surface area contributed by atoms with Crippen molar-refractivity contribution in [1.82, 2.24) is 0 Å². The lowest BCUT2D eigenvalue weighted by Crippen LogP contribution is -2.62. The fourth-order valence-electron chi connectivity index (χ4n) is 13.5. The molecule has 0 amide bonds. The molecule has 6 N–H and O–H groups in total. The monoisotopic (exact) mass is 2070 g/mol. The Kier molecular flexibility index (Phi) is 46.9. The number of aliphatic hydroxyl groups excluding tert-OH is 4. The predicted molar refractivity (Wildman–Crippen MR) is 359 cm³/mol. The predicted octanol–water partition coefficient (Wildman–Crippen LogP) is -10.4. The third-order valence-corrected chi connectivity index (χ3v) is 21.5. The largest absolute Gasteiger partial charge is 0.748 e. The van der Waals surface area contributed by atoms with Gasteiger partial charge in [0.15, 0.2) is 74.6 Å². The molecular formula is C48H74O65S12-10. The highest BCUT2D eigenvalue weighted by atomic mass is 32.3. The Morgan fingerprint density at radius 3 is 0.864 bits per heavy atom. The third-order valence-electron chi connectivity index (χ3n) is 18.6. The number of hydrogen-bond donors (Lipinski definition) is 6. The Morgan fingerprint density at radius 1 is 0.240 bits per heavy atom. The highest BCUT2D eigenvalue weighted by Crippen LogP contribution is 2.44. The Balaban J connectivity index is 1.40. The van der Waals surface area contributed by atoms with Crippen LogP contribution in [0.1, 0.15) is 48.5 Å². The second kappa shape index (κ2) is 52.6. The van der Waals surface area contributed by atoms with Crippen molar-refractivity contribution in [1.29, 1.82) is 0 Å². The van der Waals surface area contributed by atoms with Gasteiger partial charge in [0.25, 0.3) is 0 Å². The lowest BCUT2D eigenvalue weighted by molar-refractivity contribution is -0.413. The van der Waals surface area contributed by atoms with Crippen LogP contribution in [-0.4, -0.2) is 352 Å². The first kappa shape index (κ1) is 111. The van der Waals surface area contributed by atoms with Gasteiger partial charge in [-0.1, -0.05) is 0 Å². The van der Waals surface area contributed by atoms with Gasteiger partial charge in [-0.25, -0.2) is 99.3 Å². The van der Waals surface area contributed by atoms with E-state index in [4.69, 9.17) is 115 Å². The van der Waals surface area contributed by atoms with E-state index in [-0.39, 0.29) is 0 Å². The Labute approximate surface area is 728 Å². The highest BCUT2D eigenvalue weighted by molar-refractivity contribution is 7.81.